The minimum atomic E-state index is -3.57. The molecule has 0 spiro atoms. The maximum Gasteiger partial charge on any atom is 0.254 e. The molecule has 1 amide bonds. The quantitative estimate of drug-likeness (QED) is 0.720. The monoisotopic (exact) mass is 418 g/mol. The van der Waals surface area contributed by atoms with Crippen LogP contribution in [-0.2, 0) is 16.4 Å². The Labute approximate surface area is 171 Å². The average molecular weight is 419 g/mol. The maximum absolute atomic E-state index is 12.9. The Kier molecular flexibility index (Phi) is 6.44. The summed E-state index contributed by atoms with van der Waals surface area (Å²) < 4.78 is 37.7. The lowest BCUT2D eigenvalue weighted by Gasteiger charge is -2.34. The zero-order chi connectivity index (χ0) is 21.0. The maximum atomic E-state index is 12.9. The van der Waals surface area contributed by atoms with E-state index in [1.165, 1.54) is 18.5 Å². The molecule has 0 radical (unpaired) electrons. The minimum absolute atomic E-state index is 0.174. The van der Waals surface area contributed by atoms with Crippen LogP contribution in [0.15, 0.2) is 47.4 Å². The van der Waals surface area contributed by atoms with Gasteiger partial charge in [0.2, 0.25) is 10.0 Å². The number of hydrogen-bond donors (Lipinski definition) is 0. The Balaban J connectivity index is 1.70. The van der Waals surface area contributed by atoms with Crippen LogP contribution in [0.4, 0.5) is 0 Å². The molecule has 1 fully saturated rings. The fourth-order valence-electron chi connectivity index (χ4n) is 3.29. The van der Waals surface area contributed by atoms with Gasteiger partial charge in [0.05, 0.1) is 19.1 Å². The molecule has 1 aliphatic rings. The van der Waals surface area contributed by atoms with E-state index in [-0.39, 0.29) is 23.9 Å². The van der Waals surface area contributed by atoms with Crippen molar-refractivity contribution >= 4 is 15.9 Å². The molecule has 2 aromatic carbocycles. The second-order valence-corrected chi connectivity index (χ2v) is 8.73. The second-order valence-electron chi connectivity index (χ2n) is 6.80. The van der Waals surface area contributed by atoms with Crippen molar-refractivity contribution in [1.82, 2.24) is 9.21 Å². The Morgan fingerprint density at radius 1 is 0.931 bits per heavy atom. The number of ether oxygens (including phenoxy) is 2. The summed E-state index contributed by atoms with van der Waals surface area (Å²) in [5.74, 6) is 0.889. The molecule has 0 aromatic heterocycles. The summed E-state index contributed by atoms with van der Waals surface area (Å²) in [7, 11) is -0.512. The van der Waals surface area contributed by atoms with E-state index in [1.54, 1.807) is 35.2 Å². The Morgan fingerprint density at radius 3 is 1.97 bits per heavy atom. The molecule has 0 saturated carbocycles. The zero-order valence-electron chi connectivity index (χ0n) is 16.9. The zero-order valence-corrected chi connectivity index (χ0v) is 17.7. The first-order valence-electron chi connectivity index (χ1n) is 9.50. The van der Waals surface area contributed by atoms with Crippen molar-refractivity contribution in [1.29, 1.82) is 0 Å². The Hall–Kier alpha value is -2.58. The van der Waals surface area contributed by atoms with Gasteiger partial charge in [-0.25, -0.2) is 8.42 Å². The van der Waals surface area contributed by atoms with Crippen molar-refractivity contribution in [2.75, 3.05) is 40.4 Å². The number of carbonyl (C=O) groups is 1. The molecule has 7 nitrogen and oxygen atoms in total. The van der Waals surface area contributed by atoms with Gasteiger partial charge in [0.25, 0.3) is 5.91 Å². The first-order chi connectivity index (χ1) is 13.9. The number of benzene rings is 2. The van der Waals surface area contributed by atoms with E-state index in [1.807, 2.05) is 19.1 Å². The van der Waals surface area contributed by atoms with Gasteiger partial charge in [-0.05, 0) is 36.2 Å². The van der Waals surface area contributed by atoms with Gasteiger partial charge in [0.15, 0.2) is 0 Å². The topological polar surface area (TPSA) is 76.2 Å². The minimum Gasteiger partial charge on any atom is -0.497 e. The summed E-state index contributed by atoms with van der Waals surface area (Å²) in [5, 5.41) is 0. The third-order valence-corrected chi connectivity index (χ3v) is 7.01. The SMILES string of the molecule is CCc1ccc(S(=O)(=O)N2CCN(C(=O)c3cc(OC)cc(OC)c3)CC2)cc1. The van der Waals surface area contributed by atoms with E-state index in [2.05, 4.69) is 0 Å². The molecule has 0 aliphatic carbocycles. The highest BCUT2D eigenvalue weighted by atomic mass is 32.2. The van der Waals surface area contributed by atoms with Crippen LogP contribution in [-0.4, -0.2) is 63.9 Å². The van der Waals surface area contributed by atoms with Gasteiger partial charge in [-0.3, -0.25) is 4.79 Å². The van der Waals surface area contributed by atoms with Crippen LogP contribution in [0, 0.1) is 0 Å². The number of sulfonamides is 1. The molecule has 8 heteroatoms. The van der Waals surface area contributed by atoms with Crippen LogP contribution in [0.1, 0.15) is 22.8 Å². The van der Waals surface area contributed by atoms with Crippen molar-refractivity contribution in [3.8, 4) is 11.5 Å². The highest BCUT2D eigenvalue weighted by Gasteiger charge is 2.30. The number of rotatable bonds is 6. The van der Waals surface area contributed by atoms with E-state index in [0.29, 0.717) is 30.2 Å². The van der Waals surface area contributed by atoms with Gasteiger partial charge in [-0.15, -0.1) is 0 Å². The van der Waals surface area contributed by atoms with Crippen LogP contribution in [0.3, 0.4) is 0 Å². The smallest absolute Gasteiger partial charge is 0.254 e. The lowest BCUT2D eigenvalue weighted by atomic mass is 10.1. The third-order valence-electron chi connectivity index (χ3n) is 5.09. The second kappa shape index (κ2) is 8.84. The lowest BCUT2D eigenvalue weighted by Crippen LogP contribution is -2.50. The van der Waals surface area contributed by atoms with E-state index in [4.69, 9.17) is 9.47 Å². The molecule has 0 atom stereocenters. The number of carbonyl (C=O) groups excluding carboxylic acids is 1. The van der Waals surface area contributed by atoms with Gasteiger partial charge in [0, 0.05) is 37.8 Å². The molecular weight excluding hydrogens is 392 g/mol. The van der Waals surface area contributed by atoms with Crippen LogP contribution < -0.4 is 9.47 Å². The third kappa shape index (κ3) is 4.54. The highest BCUT2D eigenvalue weighted by Crippen LogP contribution is 2.24. The number of aryl methyl sites for hydroxylation is 1. The van der Waals surface area contributed by atoms with E-state index >= 15 is 0 Å². The summed E-state index contributed by atoms with van der Waals surface area (Å²) in [6.07, 6.45) is 0.857. The molecule has 29 heavy (non-hydrogen) atoms. The van der Waals surface area contributed by atoms with Crippen molar-refractivity contribution in [2.24, 2.45) is 0 Å². The van der Waals surface area contributed by atoms with Gasteiger partial charge in [-0.1, -0.05) is 19.1 Å². The first kappa shape index (κ1) is 21.1. The number of hydrogen-bond acceptors (Lipinski definition) is 5. The summed E-state index contributed by atoms with van der Waals surface area (Å²) >= 11 is 0. The number of piperazine rings is 1. The predicted octanol–water partition coefficient (Wildman–Crippen LogP) is 2.41. The van der Waals surface area contributed by atoms with Crippen molar-refractivity contribution in [3.05, 3.63) is 53.6 Å². The molecule has 0 unspecified atom stereocenters. The van der Waals surface area contributed by atoms with Gasteiger partial charge >= 0.3 is 0 Å². The average Bonchev–Trinajstić information content (AvgIpc) is 2.78. The Bertz CT molecular complexity index is 943. The fourth-order valence-corrected chi connectivity index (χ4v) is 4.71. The van der Waals surface area contributed by atoms with Gasteiger partial charge in [-0.2, -0.15) is 4.31 Å². The predicted molar refractivity (Wildman–Crippen MR) is 110 cm³/mol. The molecule has 0 bridgehead atoms. The number of nitrogens with zero attached hydrogens (tertiary/aromatic N) is 2. The van der Waals surface area contributed by atoms with Crippen LogP contribution in [0.25, 0.3) is 0 Å². The van der Waals surface area contributed by atoms with Gasteiger partial charge in [0.1, 0.15) is 11.5 Å². The summed E-state index contributed by atoms with van der Waals surface area (Å²) in [6.45, 7) is 3.18. The standard InChI is InChI=1S/C21H26N2O5S/c1-4-16-5-7-20(8-6-16)29(25,26)23-11-9-22(10-12-23)21(24)17-13-18(27-2)15-19(14-17)28-3/h5-8,13-15H,4,9-12H2,1-3H3. The molecule has 0 N–H and O–H groups in total. The molecule has 156 valence electrons. The molecule has 1 aliphatic heterocycles. The summed E-state index contributed by atoms with van der Waals surface area (Å²) in [6, 6.07) is 12.0. The molecular formula is C21H26N2O5S. The Morgan fingerprint density at radius 2 is 1.48 bits per heavy atom. The van der Waals surface area contributed by atoms with Crippen LogP contribution >= 0.6 is 0 Å². The van der Waals surface area contributed by atoms with E-state index in [9.17, 15) is 13.2 Å². The van der Waals surface area contributed by atoms with Gasteiger partial charge < -0.3 is 14.4 Å². The molecule has 3 rings (SSSR count). The molecule has 1 heterocycles. The number of methoxy groups -OCH3 is 2. The summed E-state index contributed by atoms with van der Waals surface area (Å²) in [5.41, 5.74) is 1.54. The van der Waals surface area contributed by atoms with Crippen molar-refractivity contribution in [3.63, 3.8) is 0 Å². The largest absolute Gasteiger partial charge is 0.497 e. The molecule has 2 aromatic rings. The van der Waals surface area contributed by atoms with Crippen molar-refractivity contribution < 1.29 is 22.7 Å². The summed E-state index contributed by atoms with van der Waals surface area (Å²) in [4.78, 5) is 14.8. The van der Waals surface area contributed by atoms with E-state index in [0.717, 1.165) is 12.0 Å². The van der Waals surface area contributed by atoms with E-state index < -0.39 is 10.0 Å². The normalized spacial score (nSPS) is 15.2. The van der Waals surface area contributed by atoms with Crippen LogP contribution in [0.5, 0.6) is 11.5 Å². The first-order valence-corrected chi connectivity index (χ1v) is 10.9. The number of amides is 1. The highest BCUT2D eigenvalue weighted by molar-refractivity contribution is 7.89. The van der Waals surface area contributed by atoms with Crippen molar-refractivity contribution in [2.45, 2.75) is 18.2 Å². The molecule has 1 saturated heterocycles. The fraction of sp³-hybridized carbons (Fsp3) is 0.381. The van der Waals surface area contributed by atoms with Crippen LogP contribution in [0.2, 0.25) is 0 Å². The lowest BCUT2D eigenvalue weighted by molar-refractivity contribution is 0.0697.